The molecular weight excluding hydrogens is 396 g/mol. The third-order valence-electron chi connectivity index (χ3n) is 10.8. The average molecular weight is 443 g/mol. The number of fused-ring (bicyclic) bond motifs is 5. The van der Waals surface area contributed by atoms with Crippen molar-refractivity contribution in [1.82, 2.24) is 0 Å². The third kappa shape index (κ3) is 3.66. The van der Waals surface area contributed by atoms with Gasteiger partial charge in [-0.3, -0.25) is 4.79 Å². The normalized spacial score (nSPS) is 43.0. The second-order valence-electron chi connectivity index (χ2n) is 13.3. The molecular formula is C28H46O2Si. The molecule has 0 heterocycles. The van der Waals surface area contributed by atoms with Crippen LogP contribution in [0, 0.1) is 34.5 Å². The van der Waals surface area contributed by atoms with E-state index in [1.807, 2.05) is 6.08 Å². The fourth-order valence-corrected chi connectivity index (χ4v) is 9.29. The molecule has 7 atom stereocenters. The number of rotatable bonds is 4. The predicted octanol–water partition coefficient (Wildman–Crippen LogP) is 7.71. The Hall–Kier alpha value is -0.673. The lowest BCUT2D eigenvalue weighted by atomic mass is 9.44. The van der Waals surface area contributed by atoms with Crippen LogP contribution < -0.4 is 0 Å². The highest BCUT2D eigenvalue weighted by Gasteiger charge is 2.62. The van der Waals surface area contributed by atoms with Crippen LogP contribution in [0.4, 0.5) is 0 Å². The summed E-state index contributed by atoms with van der Waals surface area (Å²) >= 11 is 0. The van der Waals surface area contributed by atoms with Gasteiger partial charge in [-0.25, -0.2) is 0 Å². The van der Waals surface area contributed by atoms with Gasteiger partial charge < -0.3 is 4.43 Å². The number of carbonyl (C=O) groups excluding carboxylic acids is 1. The molecule has 0 radical (unpaired) electrons. The average Bonchev–Trinajstić information content (AvgIpc) is 2.98. The zero-order valence-corrected chi connectivity index (χ0v) is 22.2. The SMILES string of the molecule is C=CC[C@@H]1CC2=CC(=O)CC[C@]2(C)[C@H]2CC[C@]3(C)[C@@H](O[Si](C)(C)C(C)(C)C)CC[C@H]3[C@H]12. The summed E-state index contributed by atoms with van der Waals surface area (Å²) in [6.07, 6.45) is 13.7. The van der Waals surface area contributed by atoms with E-state index in [1.165, 1.54) is 31.3 Å². The molecule has 4 aliphatic rings. The fourth-order valence-electron chi connectivity index (χ4n) is 7.84. The van der Waals surface area contributed by atoms with Crippen LogP contribution in [0.15, 0.2) is 24.3 Å². The molecule has 0 amide bonds. The number of hydrogen-bond donors (Lipinski definition) is 0. The van der Waals surface area contributed by atoms with Crippen LogP contribution in [-0.4, -0.2) is 20.2 Å². The van der Waals surface area contributed by atoms with Crippen LogP contribution in [0.5, 0.6) is 0 Å². The topological polar surface area (TPSA) is 26.3 Å². The molecule has 0 N–H and O–H groups in total. The molecule has 4 rings (SSSR count). The van der Waals surface area contributed by atoms with E-state index < -0.39 is 8.32 Å². The summed E-state index contributed by atoms with van der Waals surface area (Å²) < 4.78 is 7.12. The minimum absolute atomic E-state index is 0.232. The van der Waals surface area contributed by atoms with Crippen LogP contribution in [0.1, 0.15) is 86.0 Å². The first kappa shape index (κ1) is 23.5. The second-order valence-corrected chi connectivity index (χ2v) is 18.1. The van der Waals surface area contributed by atoms with Crippen molar-refractivity contribution in [2.24, 2.45) is 34.5 Å². The number of hydrogen-bond acceptors (Lipinski definition) is 2. The molecule has 0 spiro atoms. The fraction of sp³-hybridized carbons (Fsp3) is 0.821. The van der Waals surface area contributed by atoms with Crippen LogP contribution in [0.25, 0.3) is 0 Å². The second kappa shape index (κ2) is 7.69. The molecule has 174 valence electrons. The van der Waals surface area contributed by atoms with E-state index >= 15 is 0 Å². The Labute approximate surface area is 192 Å². The summed E-state index contributed by atoms with van der Waals surface area (Å²) in [6.45, 7) is 21.1. The maximum Gasteiger partial charge on any atom is 0.192 e. The quantitative estimate of drug-likeness (QED) is 0.329. The van der Waals surface area contributed by atoms with Gasteiger partial charge in [0.1, 0.15) is 0 Å². The van der Waals surface area contributed by atoms with Crippen molar-refractivity contribution < 1.29 is 9.22 Å². The Kier molecular flexibility index (Phi) is 5.82. The Morgan fingerprint density at radius 3 is 2.52 bits per heavy atom. The minimum atomic E-state index is -1.78. The molecule has 0 aromatic heterocycles. The van der Waals surface area contributed by atoms with E-state index in [-0.39, 0.29) is 10.5 Å². The maximum atomic E-state index is 12.3. The first-order chi connectivity index (χ1) is 14.3. The Morgan fingerprint density at radius 2 is 1.87 bits per heavy atom. The summed E-state index contributed by atoms with van der Waals surface area (Å²) in [6, 6.07) is 0. The van der Waals surface area contributed by atoms with Gasteiger partial charge in [0, 0.05) is 6.42 Å². The van der Waals surface area contributed by atoms with Crippen molar-refractivity contribution in [2.75, 3.05) is 0 Å². The van der Waals surface area contributed by atoms with Crippen LogP contribution in [0.2, 0.25) is 18.1 Å². The van der Waals surface area contributed by atoms with Gasteiger partial charge in [0.05, 0.1) is 6.10 Å². The van der Waals surface area contributed by atoms with Gasteiger partial charge in [-0.2, -0.15) is 0 Å². The van der Waals surface area contributed by atoms with Crippen molar-refractivity contribution in [3.63, 3.8) is 0 Å². The number of allylic oxidation sites excluding steroid dienone is 2. The lowest BCUT2D eigenvalue weighted by molar-refractivity contribution is -0.119. The molecule has 3 heteroatoms. The van der Waals surface area contributed by atoms with Gasteiger partial charge in [0.2, 0.25) is 0 Å². The molecule has 3 saturated carbocycles. The Morgan fingerprint density at radius 1 is 1.16 bits per heavy atom. The molecule has 0 aliphatic heterocycles. The highest BCUT2D eigenvalue weighted by Crippen LogP contribution is 2.67. The predicted molar refractivity (Wildman–Crippen MR) is 132 cm³/mol. The first-order valence-electron chi connectivity index (χ1n) is 12.9. The van der Waals surface area contributed by atoms with Crippen LogP contribution in [-0.2, 0) is 9.22 Å². The maximum absolute atomic E-state index is 12.3. The van der Waals surface area contributed by atoms with Crippen molar-refractivity contribution in [3.8, 4) is 0 Å². The van der Waals surface area contributed by atoms with E-state index in [0.717, 1.165) is 43.4 Å². The molecule has 0 saturated heterocycles. The van der Waals surface area contributed by atoms with Crippen molar-refractivity contribution in [2.45, 2.75) is 110 Å². The van der Waals surface area contributed by atoms with Gasteiger partial charge >= 0.3 is 0 Å². The molecule has 0 aromatic rings. The lowest BCUT2D eigenvalue weighted by Gasteiger charge is -2.60. The lowest BCUT2D eigenvalue weighted by Crippen LogP contribution is -2.55. The van der Waals surface area contributed by atoms with Gasteiger partial charge in [0.25, 0.3) is 0 Å². The van der Waals surface area contributed by atoms with Gasteiger partial charge in [0.15, 0.2) is 14.1 Å². The molecule has 2 nitrogen and oxygen atoms in total. The highest BCUT2D eigenvalue weighted by molar-refractivity contribution is 6.74. The molecule has 31 heavy (non-hydrogen) atoms. The Balaban J connectivity index is 1.66. The molecule has 3 fully saturated rings. The minimum Gasteiger partial charge on any atom is -0.413 e. The van der Waals surface area contributed by atoms with Crippen molar-refractivity contribution in [1.29, 1.82) is 0 Å². The summed E-state index contributed by atoms with van der Waals surface area (Å²) in [4.78, 5) is 12.3. The third-order valence-corrected chi connectivity index (χ3v) is 15.2. The summed E-state index contributed by atoms with van der Waals surface area (Å²) in [5.41, 5.74) is 2.00. The monoisotopic (exact) mass is 442 g/mol. The van der Waals surface area contributed by atoms with Crippen LogP contribution in [0.3, 0.4) is 0 Å². The van der Waals surface area contributed by atoms with E-state index in [1.54, 1.807) is 0 Å². The number of ketones is 1. The van der Waals surface area contributed by atoms with Gasteiger partial charge in [-0.05, 0) is 104 Å². The summed E-state index contributed by atoms with van der Waals surface area (Å²) in [7, 11) is -1.78. The first-order valence-corrected chi connectivity index (χ1v) is 15.8. The van der Waals surface area contributed by atoms with Gasteiger partial charge in [-0.1, -0.05) is 46.3 Å². The van der Waals surface area contributed by atoms with Crippen molar-refractivity contribution >= 4 is 14.1 Å². The molecule has 0 bridgehead atoms. The largest absolute Gasteiger partial charge is 0.413 e. The Bertz CT molecular complexity index is 774. The molecule has 0 unspecified atom stereocenters. The van der Waals surface area contributed by atoms with E-state index in [2.05, 4.69) is 60.4 Å². The standard InChI is InChI=1S/C28H46O2Si/c1-9-10-19-17-20-18-21(29)13-15-27(20,5)23-14-16-28(6)22(25(19)23)11-12-24(28)30-31(7,8)26(2,3)4/h9,18-19,22-25H,1,10-17H2,2-8H3/t19-,22+,23+,24+,25+,27+,28+/m1/s1. The van der Waals surface area contributed by atoms with E-state index in [9.17, 15) is 4.79 Å². The van der Waals surface area contributed by atoms with E-state index in [0.29, 0.717) is 23.2 Å². The smallest absolute Gasteiger partial charge is 0.192 e. The van der Waals surface area contributed by atoms with Crippen LogP contribution >= 0.6 is 0 Å². The van der Waals surface area contributed by atoms with E-state index in [4.69, 9.17) is 4.43 Å². The molecule has 0 aromatic carbocycles. The summed E-state index contributed by atoms with van der Waals surface area (Å²) in [5.74, 6) is 3.22. The molecule has 4 aliphatic carbocycles. The van der Waals surface area contributed by atoms with Gasteiger partial charge in [-0.15, -0.1) is 6.58 Å². The zero-order chi connectivity index (χ0) is 22.8. The summed E-state index contributed by atoms with van der Waals surface area (Å²) in [5, 5.41) is 0.261. The highest BCUT2D eigenvalue weighted by atomic mass is 28.4. The number of carbonyl (C=O) groups is 1. The van der Waals surface area contributed by atoms with Crippen molar-refractivity contribution in [3.05, 3.63) is 24.3 Å². The zero-order valence-electron chi connectivity index (χ0n) is 21.2.